The molecule has 1 fully saturated rings. The first-order valence-electron chi connectivity index (χ1n) is 9.44. The topological polar surface area (TPSA) is 96.3 Å². The van der Waals surface area contributed by atoms with E-state index in [1.165, 1.54) is 0 Å². The number of ether oxygens (including phenoxy) is 1. The monoisotopic (exact) mass is 395 g/mol. The molecule has 0 aliphatic heterocycles. The summed E-state index contributed by atoms with van der Waals surface area (Å²) in [5, 5.41) is 4.01. The fraction of sp³-hybridized carbons (Fsp3) is 0.333. The third-order valence-corrected chi connectivity index (χ3v) is 4.97. The summed E-state index contributed by atoms with van der Waals surface area (Å²) in [6.07, 6.45) is 2.24. The molecule has 1 saturated carbocycles. The van der Waals surface area contributed by atoms with Crippen LogP contribution in [0.1, 0.15) is 40.6 Å². The number of hydrogen-bond donors (Lipinski definition) is 0. The SMILES string of the molecule is Cc1cc(C(=O)COC(=O)Cn2nc(-c3ccccc3)oc2=O)c(C)n1C1CC1. The maximum absolute atomic E-state index is 12.5. The van der Waals surface area contributed by atoms with Gasteiger partial charge in [0.1, 0.15) is 6.54 Å². The number of Topliss-reactive ketones (excluding diaryl/α,β-unsaturated/α-hetero) is 1. The van der Waals surface area contributed by atoms with Crippen LogP contribution >= 0.6 is 0 Å². The fourth-order valence-electron chi connectivity index (χ4n) is 3.45. The average molecular weight is 395 g/mol. The van der Waals surface area contributed by atoms with Crippen molar-refractivity contribution in [2.24, 2.45) is 0 Å². The number of nitrogens with zero attached hydrogens (tertiary/aromatic N) is 3. The molecular formula is C21H21N3O5. The summed E-state index contributed by atoms with van der Waals surface area (Å²) in [6, 6.07) is 11.2. The van der Waals surface area contributed by atoms with Gasteiger partial charge in [-0.15, -0.1) is 5.10 Å². The predicted octanol–water partition coefficient (Wildman–Crippen LogP) is 2.68. The highest BCUT2D eigenvalue weighted by Gasteiger charge is 2.28. The van der Waals surface area contributed by atoms with Crippen LogP contribution in [0.4, 0.5) is 0 Å². The zero-order valence-corrected chi connectivity index (χ0v) is 16.3. The summed E-state index contributed by atoms with van der Waals surface area (Å²) in [4.78, 5) is 36.5. The molecule has 150 valence electrons. The minimum atomic E-state index is -0.764. The highest BCUT2D eigenvalue weighted by molar-refractivity contribution is 5.99. The molecule has 1 aromatic carbocycles. The predicted molar refractivity (Wildman–Crippen MR) is 104 cm³/mol. The minimum Gasteiger partial charge on any atom is -0.456 e. The van der Waals surface area contributed by atoms with Crippen molar-refractivity contribution in [2.45, 2.75) is 39.3 Å². The lowest BCUT2D eigenvalue weighted by atomic mass is 10.1. The second kappa shape index (κ2) is 7.54. The molecular weight excluding hydrogens is 374 g/mol. The normalized spacial score (nSPS) is 13.4. The maximum atomic E-state index is 12.5. The van der Waals surface area contributed by atoms with E-state index in [9.17, 15) is 14.4 Å². The molecule has 0 amide bonds. The van der Waals surface area contributed by atoms with E-state index in [2.05, 4.69) is 9.67 Å². The maximum Gasteiger partial charge on any atom is 0.437 e. The van der Waals surface area contributed by atoms with E-state index in [1.54, 1.807) is 24.3 Å². The van der Waals surface area contributed by atoms with Crippen molar-refractivity contribution in [1.82, 2.24) is 14.3 Å². The van der Waals surface area contributed by atoms with Gasteiger partial charge in [0.25, 0.3) is 0 Å². The molecule has 4 rings (SSSR count). The van der Waals surface area contributed by atoms with Crippen LogP contribution in [0, 0.1) is 13.8 Å². The fourth-order valence-corrected chi connectivity index (χ4v) is 3.45. The van der Waals surface area contributed by atoms with Gasteiger partial charge in [-0.3, -0.25) is 9.59 Å². The van der Waals surface area contributed by atoms with E-state index in [0.717, 1.165) is 28.9 Å². The minimum absolute atomic E-state index is 0.118. The lowest BCUT2D eigenvalue weighted by Gasteiger charge is -2.07. The van der Waals surface area contributed by atoms with Crippen LogP contribution in [0.15, 0.2) is 45.6 Å². The van der Waals surface area contributed by atoms with Gasteiger partial charge in [-0.1, -0.05) is 18.2 Å². The Balaban J connectivity index is 1.38. The van der Waals surface area contributed by atoms with Crippen molar-refractivity contribution in [1.29, 1.82) is 0 Å². The summed E-state index contributed by atoms with van der Waals surface area (Å²) in [6.45, 7) is 3.06. The summed E-state index contributed by atoms with van der Waals surface area (Å²) in [5.74, 6) is -1.65. The molecule has 8 heteroatoms. The third-order valence-electron chi connectivity index (χ3n) is 4.97. The van der Waals surface area contributed by atoms with Gasteiger partial charge < -0.3 is 13.7 Å². The van der Waals surface area contributed by atoms with Gasteiger partial charge in [0.2, 0.25) is 11.7 Å². The van der Waals surface area contributed by atoms with E-state index in [-0.39, 0.29) is 18.3 Å². The highest BCUT2D eigenvalue weighted by Crippen LogP contribution is 2.38. The van der Waals surface area contributed by atoms with Gasteiger partial charge in [0.15, 0.2) is 6.61 Å². The molecule has 0 bridgehead atoms. The van der Waals surface area contributed by atoms with Crippen LogP contribution in [0.2, 0.25) is 0 Å². The number of aromatic nitrogens is 3. The Morgan fingerprint density at radius 2 is 1.93 bits per heavy atom. The van der Waals surface area contributed by atoms with Crippen molar-refractivity contribution in [2.75, 3.05) is 6.61 Å². The van der Waals surface area contributed by atoms with E-state index in [1.807, 2.05) is 26.0 Å². The van der Waals surface area contributed by atoms with Crippen molar-refractivity contribution in [3.63, 3.8) is 0 Å². The number of esters is 1. The van der Waals surface area contributed by atoms with Crippen LogP contribution in [0.5, 0.6) is 0 Å². The van der Waals surface area contributed by atoms with Crippen molar-refractivity contribution < 1.29 is 18.7 Å². The number of carbonyl (C=O) groups is 2. The van der Waals surface area contributed by atoms with Crippen molar-refractivity contribution in [3.8, 4) is 11.5 Å². The summed E-state index contributed by atoms with van der Waals surface area (Å²) in [5.41, 5.74) is 3.11. The summed E-state index contributed by atoms with van der Waals surface area (Å²) < 4.78 is 13.2. The molecule has 2 aromatic heterocycles. The Morgan fingerprint density at radius 3 is 2.62 bits per heavy atom. The Kier molecular flexibility index (Phi) is 4.92. The highest BCUT2D eigenvalue weighted by atomic mass is 16.5. The number of rotatable bonds is 7. The zero-order valence-electron chi connectivity index (χ0n) is 16.3. The van der Waals surface area contributed by atoms with E-state index < -0.39 is 18.3 Å². The molecule has 0 radical (unpaired) electrons. The molecule has 8 nitrogen and oxygen atoms in total. The van der Waals surface area contributed by atoms with Crippen LogP contribution in [0.3, 0.4) is 0 Å². The largest absolute Gasteiger partial charge is 0.456 e. The Labute approximate surface area is 166 Å². The van der Waals surface area contributed by atoms with Crippen LogP contribution in [0.25, 0.3) is 11.5 Å². The first-order valence-corrected chi connectivity index (χ1v) is 9.44. The first kappa shape index (κ1) is 18.9. The molecule has 0 atom stereocenters. The standard InChI is InChI=1S/C21H21N3O5/c1-13-10-17(14(2)24(13)16-8-9-16)18(25)12-28-19(26)11-23-21(27)29-20(22-23)15-6-4-3-5-7-15/h3-7,10,16H,8-9,11-12H2,1-2H3. The van der Waals surface area contributed by atoms with Gasteiger partial charge in [-0.2, -0.15) is 4.68 Å². The summed E-state index contributed by atoms with van der Waals surface area (Å²) >= 11 is 0. The number of ketones is 1. The quantitative estimate of drug-likeness (QED) is 0.451. The average Bonchev–Trinajstić information content (AvgIpc) is 3.41. The second-order valence-corrected chi connectivity index (χ2v) is 7.17. The molecule has 1 aliphatic rings. The smallest absolute Gasteiger partial charge is 0.437 e. The lowest BCUT2D eigenvalue weighted by molar-refractivity contribution is -0.143. The Bertz CT molecular complexity index is 1120. The van der Waals surface area contributed by atoms with Gasteiger partial charge in [-0.05, 0) is 44.9 Å². The van der Waals surface area contributed by atoms with E-state index in [0.29, 0.717) is 17.2 Å². The zero-order chi connectivity index (χ0) is 20.5. The molecule has 0 unspecified atom stereocenters. The van der Waals surface area contributed by atoms with Crippen molar-refractivity contribution >= 4 is 11.8 Å². The van der Waals surface area contributed by atoms with Gasteiger partial charge in [0, 0.05) is 28.6 Å². The van der Waals surface area contributed by atoms with Crippen LogP contribution in [-0.2, 0) is 16.1 Å². The first-order chi connectivity index (χ1) is 13.9. The Morgan fingerprint density at radius 1 is 1.21 bits per heavy atom. The molecule has 3 aromatic rings. The van der Waals surface area contributed by atoms with Gasteiger partial charge in [0.05, 0.1) is 0 Å². The van der Waals surface area contributed by atoms with Crippen molar-refractivity contribution in [3.05, 3.63) is 63.9 Å². The summed E-state index contributed by atoms with van der Waals surface area (Å²) in [7, 11) is 0. The lowest BCUT2D eigenvalue weighted by Crippen LogP contribution is -2.24. The van der Waals surface area contributed by atoms with E-state index >= 15 is 0 Å². The van der Waals surface area contributed by atoms with Crippen LogP contribution in [-0.4, -0.2) is 32.7 Å². The number of hydrogen-bond acceptors (Lipinski definition) is 6. The molecule has 0 spiro atoms. The van der Waals surface area contributed by atoms with Crippen LogP contribution < -0.4 is 5.76 Å². The number of aryl methyl sites for hydroxylation is 1. The van der Waals surface area contributed by atoms with Gasteiger partial charge >= 0.3 is 11.7 Å². The second-order valence-electron chi connectivity index (χ2n) is 7.17. The molecule has 1 aliphatic carbocycles. The Hall–Kier alpha value is -3.42. The van der Waals surface area contributed by atoms with E-state index in [4.69, 9.17) is 9.15 Å². The molecule has 29 heavy (non-hydrogen) atoms. The molecule has 0 saturated heterocycles. The molecule has 2 heterocycles. The number of carbonyl (C=O) groups excluding carboxylic acids is 2. The molecule has 0 N–H and O–H groups in total. The van der Waals surface area contributed by atoms with Gasteiger partial charge in [-0.25, -0.2) is 4.79 Å². The third kappa shape index (κ3) is 3.91. The number of benzene rings is 1.